The van der Waals surface area contributed by atoms with Crippen LogP contribution < -0.4 is 10.6 Å². The minimum absolute atomic E-state index is 0.0358. The lowest BCUT2D eigenvalue weighted by Gasteiger charge is -2.17. The van der Waals surface area contributed by atoms with Crippen molar-refractivity contribution in [3.8, 4) is 0 Å². The van der Waals surface area contributed by atoms with Crippen molar-refractivity contribution in [2.45, 2.75) is 32.7 Å². The minimum atomic E-state index is -2.94. The molecule has 7 heteroatoms. The number of aliphatic imine (C=N–C) groups is 1. The van der Waals surface area contributed by atoms with Crippen LogP contribution in [0, 0.1) is 0 Å². The Morgan fingerprint density at radius 3 is 2.74 bits per heavy atom. The molecule has 0 aliphatic carbocycles. The predicted molar refractivity (Wildman–Crippen MR) is 98.1 cm³/mol. The van der Waals surface area contributed by atoms with Crippen molar-refractivity contribution in [2.24, 2.45) is 4.99 Å². The summed E-state index contributed by atoms with van der Waals surface area (Å²) in [6.07, 6.45) is 2.61. The highest BCUT2D eigenvalue weighted by Crippen LogP contribution is 2.11. The lowest BCUT2D eigenvalue weighted by atomic mass is 10.1. The second kappa shape index (κ2) is 9.78. The summed E-state index contributed by atoms with van der Waals surface area (Å²) in [5.74, 6) is 0.874. The van der Waals surface area contributed by atoms with E-state index in [1.54, 1.807) is 0 Å². The van der Waals surface area contributed by atoms with Crippen LogP contribution in [0.25, 0.3) is 0 Å². The number of halogens is 1. The Balaban J connectivity index is 2.52. The van der Waals surface area contributed by atoms with Crippen LogP contribution in [0.3, 0.4) is 0 Å². The second-order valence-electron chi connectivity index (χ2n) is 5.60. The van der Waals surface area contributed by atoms with Crippen molar-refractivity contribution in [2.75, 3.05) is 25.1 Å². The topological polar surface area (TPSA) is 70.6 Å². The monoisotopic (exact) mass is 359 g/mol. The van der Waals surface area contributed by atoms with Gasteiger partial charge in [-0.2, -0.15) is 0 Å². The average Bonchev–Trinajstić information content (AvgIpc) is 2.45. The fourth-order valence-corrected chi connectivity index (χ4v) is 3.00. The Morgan fingerprint density at radius 1 is 1.39 bits per heavy atom. The zero-order chi connectivity index (χ0) is 17.3. The first-order valence-corrected chi connectivity index (χ1v) is 10.2. The van der Waals surface area contributed by atoms with Gasteiger partial charge in [0.25, 0.3) is 0 Å². The smallest absolute Gasteiger partial charge is 0.191 e. The molecule has 5 nitrogen and oxygen atoms in total. The summed E-state index contributed by atoms with van der Waals surface area (Å²) in [7, 11) is -2.94. The Bertz CT molecular complexity index is 618. The standard InChI is InChI=1S/C16H26ClN3O2S/c1-4-18-16(20-13(2)9-11-23(3,21)22)19-10-8-14-6-5-7-15(17)12-14/h5-7,12-13H,4,8-11H2,1-3H3,(H2,18,19,20). The Labute approximate surface area is 144 Å². The number of nitrogens with zero attached hydrogens (tertiary/aromatic N) is 1. The summed E-state index contributed by atoms with van der Waals surface area (Å²) in [4.78, 5) is 4.52. The van der Waals surface area contributed by atoms with Gasteiger partial charge in [-0.05, 0) is 44.4 Å². The molecule has 0 bridgehead atoms. The third-order valence-electron chi connectivity index (χ3n) is 3.21. The number of nitrogens with one attached hydrogen (secondary N) is 2. The van der Waals surface area contributed by atoms with Gasteiger partial charge in [0.05, 0.1) is 5.75 Å². The van der Waals surface area contributed by atoms with E-state index in [-0.39, 0.29) is 11.8 Å². The number of hydrogen-bond acceptors (Lipinski definition) is 3. The highest BCUT2D eigenvalue weighted by Gasteiger charge is 2.09. The molecule has 0 heterocycles. The Hall–Kier alpha value is -1.27. The van der Waals surface area contributed by atoms with Crippen LogP contribution in [0.1, 0.15) is 25.8 Å². The van der Waals surface area contributed by atoms with Crippen LogP contribution in [0.4, 0.5) is 0 Å². The molecule has 1 aromatic carbocycles. The molecule has 1 atom stereocenters. The van der Waals surface area contributed by atoms with Crippen molar-refractivity contribution in [3.05, 3.63) is 34.9 Å². The molecule has 0 aliphatic heterocycles. The van der Waals surface area contributed by atoms with Crippen LogP contribution in [0.2, 0.25) is 5.02 Å². The third kappa shape index (κ3) is 9.46. The molecular formula is C16H26ClN3O2S. The predicted octanol–water partition coefficient (Wildman–Crippen LogP) is 2.26. The molecule has 2 N–H and O–H groups in total. The van der Waals surface area contributed by atoms with Gasteiger partial charge in [0.15, 0.2) is 5.96 Å². The largest absolute Gasteiger partial charge is 0.357 e. The third-order valence-corrected chi connectivity index (χ3v) is 4.42. The van der Waals surface area contributed by atoms with Crippen LogP contribution in [-0.4, -0.2) is 45.5 Å². The molecule has 1 unspecified atom stereocenters. The Morgan fingerprint density at radius 2 is 2.13 bits per heavy atom. The lowest BCUT2D eigenvalue weighted by Crippen LogP contribution is -2.43. The zero-order valence-electron chi connectivity index (χ0n) is 14.0. The second-order valence-corrected chi connectivity index (χ2v) is 8.30. The molecule has 1 rings (SSSR count). The van der Waals surface area contributed by atoms with E-state index >= 15 is 0 Å². The molecule has 0 fully saturated rings. The van der Waals surface area contributed by atoms with Crippen molar-refractivity contribution >= 4 is 27.4 Å². The maximum absolute atomic E-state index is 11.2. The molecule has 0 aromatic heterocycles. The number of rotatable bonds is 8. The fourth-order valence-electron chi connectivity index (χ4n) is 2.01. The van der Waals surface area contributed by atoms with E-state index in [9.17, 15) is 8.42 Å². The highest BCUT2D eigenvalue weighted by molar-refractivity contribution is 7.90. The van der Waals surface area contributed by atoms with Crippen LogP contribution in [0.15, 0.2) is 29.3 Å². The quantitative estimate of drug-likeness (QED) is 0.551. The SMILES string of the molecule is CCNC(=NCCc1cccc(Cl)c1)NC(C)CCS(C)(=O)=O. The van der Waals surface area contributed by atoms with Crippen LogP contribution in [-0.2, 0) is 16.3 Å². The normalized spacial score (nSPS) is 13.7. The number of sulfone groups is 1. The van der Waals surface area contributed by atoms with Gasteiger partial charge in [-0.15, -0.1) is 0 Å². The molecule has 0 saturated carbocycles. The van der Waals surface area contributed by atoms with Crippen LogP contribution >= 0.6 is 11.6 Å². The Kier molecular flexibility index (Phi) is 8.41. The van der Waals surface area contributed by atoms with Gasteiger partial charge in [0.2, 0.25) is 0 Å². The molecular weight excluding hydrogens is 334 g/mol. The summed E-state index contributed by atoms with van der Waals surface area (Å²) in [6, 6.07) is 7.78. The summed E-state index contributed by atoms with van der Waals surface area (Å²) < 4.78 is 22.4. The maximum Gasteiger partial charge on any atom is 0.191 e. The summed E-state index contributed by atoms with van der Waals surface area (Å²) in [6.45, 7) is 5.33. The van der Waals surface area contributed by atoms with Crippen molar-refractivity contribution in [1.82, 2.24) is 10.6 Å². The molecule has 0 saturated heterocycles. The van der Waals surface area contributed by atoms with Crippen molar-refractivity contribution < 1.29 is 8.42 Å². The molecule has 0 radical (unpaired) electrons. The summed E-state index contributed by atoms with van der Waals surface area (Å²) in [5, 5.41) is 7.14. The van der Waals surface area contributed by atoms with E-state index in [4.69, 9.17) is 11.6 Å². The number of guanidine groups is 1. The van der Waals surface area contributed by atoms with E-state index in [1.807, 2.05) is 38.1 Å². The average molecular weight is 360 g/mol. The van der Waals surface area contributed by atoms with E-state index in [2.05, 4.69) is 15.6 Å². The van der Waals surface area contributed by atoms with Gasteiger partial charge in [0.1, 0.15) is 9.84 Å². The molecule has 23 heavy (non-hydrogen) atoms. The van der Waals surface area contributed by atoms with E-state index in [1.165, 1.54) is 6.26 Å². The number of benzene rings is 1. The van der Waals surface area contributed by atoms with Gasteiger partial charge in [-0.1, -0.05) is 23.7 Å². The zero-order valence-corrected chi connectivity index (χ0v) is 15.5. The van der Waals surface area contributed by atoms with E-state index < -0.39 is 9.84 Å². The van der Waals surface area contributed by atoms with E-state index in [0.29, 0.717) is 18.9 Å². The van der Waals surface area contributed by atoms with Crippen LogP contribution in [0.5, 0.6) is 0 Å². The maximum atomic E-state index is 11.2. The molecule has 130 valence electrons. The fraction of sp³-hybridized carbons (Fsp3) is 0.562. The highest BCUT2D eigenvalue weighted by atomic mass is 35.5. The van der Waals surface area contributed by atoms with Gasteiger partial charge >= 0.3 is 0 Å². The van der Waals surface area contributed by atoms with Gasteiger partial charge in [-0.25, -0.2) is 8.42 Å². The minimum Gasteiger partial charge on any atom is -0.357 e. The summed E-state index contributed by atoms with van der Waals surface area (Å²) in [5.41, 5.74) is 1.14. The lowest BCUT2D eigenvalue weighted by molar-refractivity contribution is 0.581. The first kappa shape index (κ1) is 19.8. The summed E-state index contributed by atoms with van der Waals surface area (Å²) >= 11 is 5.97. The molecule has 0 aliphatic rings. The first-order chi connectivity index (χ1) is 10.8. The molecule has 0 spiro atoms. The molecule has 0 amide bonds. The first-order valence-electron chi connectivity index (χ1n) is 7.77. The van der Waals surface area contributed by atoms with Gasteiger partial charge in [-0.3, -0.25) is 4.99 Å². The molecule has 1 aromatic rings. The van der Waals surface area contributed by atoms with Gasteiger partial charge < -0.3 is 10.6 Å². The van der Waals surface area contributed by atoms with Crippen molar-refractivity contribution in [1.29, 1.82) is 0 Å². The van der Waals surface area contributed by atoms with Gasteiger partial charge in [0, 0.05) is 30.4 Å². The van der Waals surface area contributed by atoms with Crippen molar-refractivity contribution in [3.63, 3.8) is 0 Å². The number of hydrogen-bond donors (Lipinski definition) is 2. The van der Waals surface area contributed by atoms with E-state index in [0.717, 1.165) is 23.6 Å².